The van der Waals surface area contributed by atoms with Gasteiger partial charge in [-0.15, -0.1) is 0 Å². The first-order valence-corrected chi connectivity index (χ1v) is 16.8. The van der Waals surface area contributed by atoms with Crippen LogP contribution in [0, 0.1) is 0 Å². The average Bonchev–Trinajstić information content (AvgIpc) is 1.83. The fourth-order valence-corrected chi connectivity index (χ4v) is 25.7. The number of hydrogen-bond donors (Lipinski definition) is 0. The van der Waals surface area contributed by atoms with Crippen LogP contribution >= 0.6 is 0 Å². The Labute approximate surface area is 59.2 Å². The van der Waals surface area contributed by atoms with Crippen molar-refractivity contribution in [2.75, 3.05) is 14.2 Å². The van der Waals surface area contributed by atoms with E-state index in [2.05, 4.69) is 0 Å². The molecule has 2 nitrogen and oxygen atoms in total. The van der Waals surface area contributed by atoms with Crippen molar-refractivity contribution in [2.24, 2.45) is 0 Å². The van der Waals surface area contributed by atoms with Crippen LogP contribution in [0.25, 0.3) is 0 Å². The molecule has 0 rings (SSSR count). The van der Waals surface area contributed by atoms with E-state index >= 15 is 0 Å². The second-order valence-corrected chi connectivity index (χ2v) is 26.0. The topological polar surface area (TPSA) is 18.5 Å². The summed E-state index contributed by atoms with van der Waals surface area (Å²) in [6.07, 6.45) is 0. The number of rotatable bonds is 4. The SMILES string of the molecule is CO[SiH](OC)[SiH2][SiH2][SiH3]. The zero-order valence-corrected chi connectivity index (χ0v) is 11.8. The molecule has 0 atom stereocenters. The van der Waals surface area contributed by atoms with Gasteiger partial charge in [0.15, 0.2) is 0 Å². The van der Waals surface area contributed by atoms with Crippen LogP contribution in [-0.2, 0) is 8.85 Å². The van der Waals surface area contributed by atoms with Gasteiger partial charge in [-0.05, 0) is 18.3 Å². The van der Waals surface area contributed by atoms with Gasteiger partial charge in [0.05, 0.1) is 8.55 Å². The highest BCUT2D eigenvalue weighted by atomic mass is 29.7. The lowest BCUT2D eigenvalue weighted by Crippen LogP contribution is -2.32. The van der Waals surface area contributed by atoms with E-state index in [1.807, 2.05) is 0 Å². The van der Waals surface area contributed by atoms with Crippen LogP contribution in [0.4, 0.5) is 0 Å². The van der Waals surface area contributed by atoms with Gasteiger partial charge in [-0.25, -0.2) is 0 Å². The summed E-state index contributed by atoms with van der Waals surface area (Å²) < 4.78 is 10.4. The standard InChI is InChI=1S/C2H14O2Si4/c1-3-8(4-2)7-6-5/h8H,6-7H2,1-2,5H3. The lowest BCUT2D eigenvalue weighted by molar-refractivity contribution is 0.298. The molecule has 0 aromatic carbocycles. The van der Waals surface area contributed by atoms with Crippen molar-refractivity contribution in [3.05, 3.63) is 0 Å². The molecular formula is C2H14O2Si4. The van der Waals surface area contributed by atoms with Crippen molar-refractivity contribution in [1.29, 1.82) is 0 Å². The molecule has 0 spiro atoms. The van der Waals surface area contributed by atoms with Crippen molar-refractivity contribution in [2.45, 2.75) is 0 Å². The van der Waals surface area contributed by atoms with Crippen LogP contribution in [-0.4, -0.2) is 49.9 Å². The van der Waals surface area contributed by atoms with E-state index in [-0.39, 0.29) is 8.55 Å². The van der Waals surface area contributed by atoms with Crippen LogP contribution in [0.15, 0.2) is 0 Å². The third-order valence-corrected chi connectivity index (χ3v) is 33.3. The first-order valence-electron chi connectivity index (χ1n) is 2.90. The third kappa shape index (κ3) is 3.75. The van der Waals surface area contributed by atoms with Crippen LogP contribution in [0.5, 0.6) is 0 Å². The molecule has 0 saturated heterocycles. The minimum Gasteiger partial charge on any atom is -0.403 e. The molecule has 0 aromatic rings. The predicted molar refractivity (Wildman–Crippen MR) is 48.2 cm³/mol. The Kier molecular flexibility index (Phi) is 6.50. The maximum absolute atomic E-state index is 5.18. The molecule has 0 amide bonds. The van der Waals surface area contributed by atoms with Crippen molar-refractivity contribution in [3.8, 4) is 0 Å². The van der Waals surface area contributed by atoms with E-state index in [9.17, 15) is 0 Å². The molecule has 50 valence electrons. The third-order valence-electron chi connectivity index (χ3n) is 1.05. The summed E-state index contributed by atoms with van der Waals surface area (Å²) in [6.45, 7) is 0. The molecule has 0 bridgehead atoms. The molecule has 6 heteroatoms. The minimum atomic E-state index is -0.957. The average molecular weight is 182 g/mol. The summed E-state index contributed by atoms with van der Waals surface area (Å²) in [5.74, 6) is 0. The first kappa shape index (κ1) is 8.79. The quantitative estimate of drug-likeness (QED) is 0.421. The summed E-state index contributed by atoms with van der Waals surface area (Å²) in [6, 6.07) is 0. The zero-order valence-electron chi connectivity index (χ0n) is 5.81. The molecular weight excluding hydrogens is 168 g/mol. The minimum absolute atomic E-state index is 0.231. The summed E-state index contributed by atoms with van der Waals surface area (Å²) in [5.41, 5.74) is 0. The fraction of sp³-hybridized carbons (Fsp3) is 1.00. The Morgan fingerprint density at radius 3 is 2.00 bits per heavy atom. The molecule has 0 radical (unpaired) electrons. The Hall–Kier alpha value is 0.788. The molecule has 0 saturated carbocycles. The van der Waals surface area contributed by atoms with Crippen molar-refractivity contribution in [1.82, 2.24) is 0 Å². The van der Waals surface area contributed by atoms with Crippen LogP contribution in [0.3, 0.4) is 0 Å². The summed E-state index contributed by atoms with van der Waals surface area (Å²) in [5, 5.41) is 0. The Balaban J connectivity index is 3.07. The molecule has 0 aliphatic heterocycles. The van der Waals surface area contributed by atoms with E-state index in [1.165, 1.54) is 9.76 Å². The molecule has 0 N–H and O–H groups in total. The van der Waals surface area contributed by atoms with Gasteiger partial charge in [0.25, 0.3) is 8.80 Å². The highest BCUT2D eigenvalue weighted by Crippen LogP contribution is 1.77. The normalized spacial score (nSPS) is 13.9. The second kappa shape index (κ2) is 5.92. The molecule has 0 fully saturated rings. The Morgan fingerprint density at radius 2 is 1.88 bits per heavy atom. The summed E-state index contributed by atoms with van der Waals surface area (Å²) in [4.78, 5) is 0. The highest BCUT2D eigenvalue weighted by molar-refractivity contribution is 7.43. The Bertz CT molecular complexity index is 47.3. The van der Waals surface area contributed by atoms with Gasteiger partial charge in [-0.1, -0.05) is 0 Å². The van der Waals surface area contributed by atoms with E-state index in [4.69, 9.17) is 8.85 Å². The van der Waals surface area contributed by atoms with Gasteiger partial charge in [0.2, 0.25) is 0 Å². The zero-order chi connectivity index (χ0) is 6.41. The number of hydrogen-bond acceptors (Lipinski definition) is 2. The highest BCUT2D eigenvalue weighted by Gasteiger charge is 2.05. The van der Waals surface area contributed by atoms with Gasteiger partial charge in [0.1, 0.15) is 0 Å². The largest absolute Gasteiger partial charge is 0.403 e. The predicted octanol–water partition coefficient (Wildman–Crippen LogP) is -3.47. The molecule has 0 aromatic heterocycles. The molecule has 0 unspecified atom stereocenters. The summed E-state index contributed by atoms with van der Waals surface area (Å²) in [7, 11) is 4.76. The fourth-order valence-electron chi connectivity index (χ4n) is 0.568. The van der Waals surface area contributed by atoms with Gasteiger partial charge in [-0.3, -0.25) is 0 Å². The van der Waals surface area contributed by atoms with Gasteiger partial charge in [-0.2, -0.15) is 0 Å². The second-order valence-electron chi connectivity index (χ2n) is 1.69. The first-order chi connectivity index (χ1) is 3.85. The molecule has 0 heterocycles. The maximum Gasteiger partial charge on any atom is 0.288 e. The van der Waals surface area contributed by atoms with Crippen LogP contribution in [0.2, 0.25) is 0 Å². The Morgan fingerprint density at radius 1 is 1.38 bits per heavy atom. The van der Waals surface area contributed by atoms with E-state index < -0.39 is 8.80 Å². The molecule has 8 heavy (non-hydrogen) atoms. The smallest absolute Gasteiger partial charge is 0.288 e. The van der Waals surface area contributed by atoms with Crippen molar-refractivity contribution >= 4 is 35.7 Å². The molecule has 0 aliphatic carbocycles. The molecule has 0 aliphatic rings. The monoisotopic (exact) mass is 182 g/mol. The van der Waals surface area contributed by atoms with Crippen LogP contribution in [0.1, 0.15) is 0 Å². The van der Waals surface area contributed by atoms with Gasteiger partial charge < -0.3 is 8.85 Å². The maximum atomic E-state index is 5.18. The van der Waals surface area contributed by atoms with E-state index in [0.717, 1.165) is 0 Å². The lowest BCUT2D eigenvalue weighted by Gasteiger charge is -2.07. The van der Waals surface area contributed by atoms with Gasteiger partial charge >= 0.3 is 0 Å². The van der Waals surface area contributed by atoms with Gasteiger partial charge in [0, 0.05) is 14.2 Å². The van der Waals surface area contributed by atoms with Crippen molar-refractivity contribution in [3.63, 3.8) is 0 Å². The summed E-state index contributed by atoms with van der Waals surface area (Å²) >= 11 is 0. The van der Waals surface area contributed by atoms with E-state index in [0.29, 0.717) is 8.55 Å². The lowest BCUT2D eigenvalue weighted by atomic mass is 11.8. The van der Waals surface area contributed by atoms with E-state index in [1.54, 1.807) is 14.2 Å². The van der Waals surface area contributed by atoms with Crippen LogP contribution < -0.4 is 0 Å². The van der Waals surface area contributed by atoms with Crippen molar-refractivity contribution < 1.29 is 8.85 Å².